The minimum absolute atomic E-state index is 0. The summed E-state index contributed by atoms with van der Waals surface area (Å²) in [5.74, 6) is 0. The highest BCUT2D eigenvalue weighted by atomic mass is 32.1. The lowest BCUT2D eigenvalue weighted by atomic mass is 10.5. The van der Waals surface area contributed by atoms with Crippen molar-refractivity contribution in [3.8, 4) is 0 Å². The van der Waals surface area contributed by atoms with E-state index < -0.39 is 6.03 Å². The Bertz CT molecular complexity index is 150. The first-order chi connectivity index (χ1) is 4.73. The summed E-state index contributed by atoms with van der Waals surface area (Å²) < 4.78 is 0. The quantitative estimate of drug-likeness (QED) is 0.588. The Hall–Kier alpha value is -1.23. The van der Waals surface area contributed by atoms with Crippen molar-refractivity contribution in [2.45, 2.75) is 0 Å². The molecule has 1 aromatic heterocycles. The molecule has 0 bridgehead atoms. The van der Waals surface area contributed by atoms with E-state index in [1.807, 2.05) is 18.2 Å². The molecule has 1 rings (SSSR count). The van der Waals surface area contributed by atoms with E-state index in [4.69, 9.17) is 4.79 Å². The molecule has 0 aromatic carbocycles. The summed E-state index contributed by atoms with van der Waals surface area (Å²) in [5.41, 5.74) is 8.50. The first kappa shape index (κ1) is 12.4. The molecule has 5 heteroatoms. The van der Waals surface area contributed by atoms with Crippen LogP contribution in [0.5, 0.6) is 0 Å². The summed E-state index contributed by atoms with van der Waals surface area (Å²) in [6, 6.07) is 4.88. The molecule has 1 aromatic rings. The third-order valence-electron chi connectivity index (χ3n) is 0.566. The van der Waals surface area contributed by atoms with Crippen LogP contribution in [0.3, 0.4) is 0 Å². The van der Waals surface area contributed by atoms with E-state index in [-0.39, 0.29) is 13.5 Å². The third-order valence-corrected chi connectivity index (χ3v) is 0.566. The van der Waals surface area contributed by atoms with Gasteiger partial charge in [0.15, 0.2) is 0 Å². The van der Waals surface area contributed by atoms with Gasteiger partial charge in [-0.15, -0.1) is 0 Å². The minimum atomic E-state index is -0.833. The van der Waals surface area contributed by atoms with E-state index in [1.165, 1.54) is 0 Å². The topological polar surface area (TPSA) is 82.0 Å². The Balaban J connectivity index is 0. The van der Waals surface area contributed by atoms with E-state index in [0.717, 1.165) is 0 Å². The Kier molecular flexibility index (Phi) is 9.92. The van der Waals surface area contributed by atoms with Crippen LogP contribution in [0.25, 0.3) is 0 Å². The molecule has 4 N–H and O–H groups in total. The minimum Gasteiger partial charge on any atom is -0.352 e. The number of urea groups is 1. The first-order valence-corrected chi connectivity index (χ1v) is 2.63. The number of hydrogen-bond acceptors (Lipinski definition) is 2. The maximum atomic E-state index is 9.00. The van der Waals surface area contributed by atoms with Gasteiger partial charge in [0.2, 0.25) is 0 Å². The predicted octanol–water partition coefficient (Wildman–Crippen LogP) is 0.218. The van der Waals surface area contributed by atoms with Gasteiger partial charge in [0.25, 0.3) is 0 Å². The molecule has 1 heterocycles. The molecular weight excluding hydrogens is 162 g/mol. The van der Waals surface area contributed by atoms with Crippen molar-refractivity contribution >= 4 is 19.5 Å². The van der Waals surface area contributed by atoms with Gasteiger partial charge in [-0.25, -0.2) is 4.79 Å². The molecule has 0 radical (unpaired) electrons. The normalized spacial score (nSPS) is 6.55. The van der Waals surface area contributed by atoms with E-state index >= 15 is 0 Å². The van der Waals surface area contributed by atoms with Crippen LogP contribution >= 0.6 is 13.5 Å². The maximum Gasteiger partial charge on any atom is 0.309 e. The Morgan fingerprint density at radius 2 is 1.45 bits per heavy atom. The summed E-state index contributed by atoms with van der Waals surface area (Å²) in [6.45, 7) is 0. The second-order valence-electron chi connectivity index (χ2n) is 1.43. The van der Waals surface area contributed by atoms with Gasteiger partial charge in [0.05, 0.1) is 0 Å². The highest BCUT2D eigenvalue weighted by Crippen LogP contribution is 1.73. The number of rotatable bonds is 0. The van der Waals surface area contributed by atoms with Crippen molar-refractivity contribution in [1.29, 1.82) is 0 Å². The lowest BCUT2D eigenvalue weighted by Crippen LogP contribution is -2.18. The van der Waals surface area contributed by atoms with Crippen molar-refractivity contribution < 1.29 is 4.79 Å². The number of primary amides is 2. The lowest BCUT2D eigenvalue weighted by molar-refractivity contribution is 0.256. The van der Waals surface area contributed by atoms with Crippen LogP contribution in [0.4, 0.5) is 4.79 Å². The van der Waals surface area contributed by atoms with Gasteiger partial charge in [-0.05, 0) is 12.1 Å². The average molecular weight is 173 g/mol. The number of carbonyl (C=O) groups excluding carboxylic acids is 1. The molecule has 2 amide bonds. The summed E-state index contributed by atoms with van der Waals surface area (Å²) in [4.78, 5) is 12.8. The molecule has 0 fully saturated rings. The summed E-state index contributed by atoms with van der Waals surface area (Å²) in [6.07, 6.45) is 3.50. The van der Waals surface area contributed by atoms with Crippen LogP contribution in [0.2, 0.25) is 0 Å². The Morgan fingerprint density at radius 3 is 1.55 bits per heavy atom. The standard InChI is InChI=1S/C5H5N.CH4N2O.H2S/c1-2-4-6-5-3-1;2-1(3)4;/h1-5H;(H4,2,3,4);1H2. The molecule has 0 aliphatic carbocycles. The summed E-state index contributed by atoms with van der Waals surface area (Å²) in [5, 5.41) is 0. The lowest BCUT2D eigenvalue weighted by Gasteiger charge is -1.70. The SMILES string of the molecule is NC(N)=O.S.c1ccncc1. The highest BCUT2D eigenvalue weighted by Gasteiger charge is 1.60. The number of hydrogen-bond donors (Lipinski definition) is 2. The fraction of sp³-hybridized carbons (Fsp3) is 0. The fourth-order valence-corrected chi connectivity index (χ4v) is 0.313. The zero-order valence-corrected chi connectivity index (χ0v) is 6.90. The fourth-order valence-electron chi connectivity index (χ4n) is 0.313. The molecule has 0 saturated heterocycles. The van der Waals surface area contributed by atoms with Crippen molar-refractivity contribution in [3.63, 3.8) is 0 Å². The molecule has 62 valence electrons. The van der Waals surface area contributed by atoms with Gasteiger partial charge in [0, 0.05) is 12.4 Å². The predicted molar refractivity (Wildman–Crippen MR) is 48.4 cm³/mol. The van der Waals surface area contributed by atoms with Crippen molar-refractivity contribution in [2.75, 3.05) is 0 Å². The second-order valence-corrected chi connectivity index (χ2v) is 1.43. The van der Waals surface area contributed by atoms with Crippen molar-refractivity contribution in [1.82, 2.24) is 4.98 Å². The van der Waals surface area contributed by atoms with Crippen LogP contribution in [0, 0.1) is 0 Å². The molecule has 0 aliphatic heterocycles. The summed E-state index contributed by atoms with van der Waals surface area (Å²) >= 11 is 0. The number of carbonyl (C=O) groups is 1. The van der Waals surface area contributed by atoms with Gasteiger partial charge >= 0.3 is 6.03 Å². The monoisotopic (exact) mass is 173 g/mol. The zero-order valence-electron chi connectivity index (χ0n) is 5.90. The third kappa shape index (κ3) is 17.7. The van der Waals surface area contributed by atoms with Gasteiger partial charge < -0.3 is 11.5 Å². The first-order valence-electron chi connectivity index (χ1n) is 2.63. The molecule has 11 heavy (non-hydrogen) atoms. The smallest absolute Gasteiger partial charge is 0.309 e. The van der Waals surface area contributed by atoms with Gasteiger partial charge in [0.1, 0.15) is 0 Å². The van der Waals surface area contributed by atoms with E-state index in [9.17, 15) is 0 Å². The van der Waals surface area contributed by atoms with Crippen molar-refractivity contribution in [3.05, 3.63) is 30.6 Å². The highest BCUT2D eigenvalue weighted by molar-refractivity contribution is 7.59. The number of amides is 2. The zero-order chi connectivity index (χ0) is 7.82. The summed E-state index contributed by atoms with van der Waals surface area (Å²) in [7, 11) is 0. The molecule has 0 saturated carbocycles. The van der Waals surface area contributed by atoms with Crippen LogP contribution in [-0.4, -0.2) is 11.0 Å². The van der Waals surface area contributed by atoms with E-state index in [2.05, 4.69) is 16.5 Å². The van der Waals surface area contributed by atoms with Crippen LogP contribution in [-0.2, 0) is 0 Å². The number of pyridine rings is 1. The molecule has 0 aliphatic rings. The number of aromatic nitrogens is 1. The van der Waals surface area contributed by atoms with Gasteiger partial charge in [-0.1, -0.05) is 6.07 Å². The van der Waals surface area contributed by atoms with Gasteiger partial charge in [-0.3, -0.25) is 4.98 Å². The largest absolute Gasteiger partial charge is 0.352 e. The average Bonchev–Trinajstić information content (AvgIpc) is 1.90. The molecule has 0 atom stereocenters. The van der Waals surface area contributed by atoms with Crippen LogP contribution in [0.1, 0.15) is 0 Å². The second kappa shape index (κ2) is 8.77. The molecule has 0 unspecified atom stereocenters. The van der Waals surface area contributed by atoms with Crippen LogP contribution in [0.15, 0.2) is 30.6 Å². The molecular formula is C6H11N3OS. The van der Waals surface area contributed by atoms with E-state index in [1.54, 1.807) is 12.4 Å². The Morgan fingerprint density at radius 1 is 1.09 bits per heavy atom. The number of nitrogens with zero attached hydrogens (tertiary/aromatic N) is 1. The number of nitrogens with two attached hydrogens (primary N) is 2. The maximum absolute atomic E-state index is 9.00. The van der Waals surface area contributed by atoms with Crippen LogP contribution < -0.4 is 11.5 Å². The Labute approximate surface area is 72.1 Å². The van der Waals surface area contributed by atoms with Crippen molar-refractivity contribution in [2.24, 2.45) is 11.5 Å². The van der Waals surface area contributed by atoms with Gasteiger partial charge in [-0.2, -0.15) is 13.5 Å². The van der Waals surface area contributed by atoms with E-state index in [0.29, 0.717) is 0 Å². The molecule has 4 nitrogen and oxygen atoms in total. The molecule has 0 spiro atoms.